The molecule has 0 N–H and O–H groups in total. The fourth-order valence-electron chi connectivity index (χ4n) is 2.90. The number of hydrogen-bond donors (Lipinski definition) is 0. The van der Waals surface area contributed by atoms with E-state index in [1.807, 2.05) is 48.5 Å². The molecule has 2 aromatic rings. The van der Waals surface area contributed by atoms with Gasteiger partial charge in [0.05, 0.1) is 10.6 Å². The summed E-state index contributed by atoms with van der Waals surface area (Å²) in [5.74, 6) is 0.337. The predicted octanol–water partition coefficient (Wildman–Crippen LogP) is 5.83. The van der Waals surface area contributed by atoms with E-state index in [9.17, 15) is 9.59 Å². The Morgan fingerprint density at radius 2 is 1.86 bits per heavy atom. The number of nitrogens with zero attached hydrogens (tertiary/aromatic N) is 1. The summed E-state index contributed by atoms with van der Waals surface area (Å²) in [6.45, 7) is 6.17. The monoisotopic (exact) mass is 393 g/mol. The molecule has 3 rings (SSSR count). The van der Waals surface area contributed by atoms with E-state index in [4.69, 9.17) is 4.74 Å². The van der Waals surface area contributed by atoms with Gasteiger partial charge < -0.3 is 4.74 Å². The van der Waals surface area contributed by atoms with Crippen LogP contribution in [0.3, 0.4) is 0 Å². The number of unbranched alkanes of at least 4 members (excludes halogenated alkanes) is 1. The Labute approximate surface area is 169 Å². The molecular formula is C23H23NO3S. The molecule has 2 amide bonds. The molecule has 0 atom stereocenters. The van der Waals surface area contributed by atoms with Crippen LogP contribution in [0, 0.1) is 0 Å². The molecule has 1 saturated heterocycles. The van der Waals surface area contributed by atoms with Crippen LogP contribution in [0.5, 0.6) is 5.75 Å². The highest BCUT2D eigenvalue weighted by molar-refractivity contribution is 8.19. The van der Waals surface area contributed by atoms with Crippen molar-refractivity contribution in [2.75, 3.05) is 11.5 Å². The number of imide groups is 1. The van der Waals surface area contributed by atoms with Crippen LogP contribution in [0.15, 0.2) is 66.1 Å². The standard InChI is InChI=1S/C23H23NO3S/c1-3-5-8-17-11-13-19(14-12-17)24-22(25)21(28-23(24)26)16-18-9-6-7-10-20(18)27-15-4-2/h4,6-7,9-14,16H,2-3,5,8,15H2,1H3/b21-16-. The van der Waals surface area contributed by atoms with Crippen molar-refractivity contribution in [3.63, 3.8) is 0 Å². The minimum Gasteiger partial charge on any atom is -0.489 e. The van der Waals surface area contributed by atoms with Gasteiger partial charge >= 0.3 is 0 Å². The van der Waals surface area contributed by atoms with Gasteiger partial charge in [-0.25, -0.2) is 4.90 Å². The van der Waals surface area contributed by atoms with Crippen LogP contribution in [0.1, 0.15) is 30.9 Å². The van der Waals surface area contributed by atoms with Gasteiger partial charge in [-0.2, -0.15) is 0 Å². The first-order chi connectivity index (χ1) is 13.6. The Balaban J connectivity index is 1.82. The number of amides is 2. The van der Waals surface area contributed by atoms with E-state index in [1.165, 1.54) is 10.5 Å². The first-order valence-corrected chi connectivity index (χ1v) is 10.1. The number of rotatable bonds is 8. The quantitative estimate of drug-likeness (QED) is 0.418. The summed E-state index contributed by atoms with van der Waals surface area (Å²) in [4.78, 5) is 27.0. The third-order valence-electron chi connectivity index (χ3n) is 4.37. The molecule has 0 unspecified atom stereocenters. The summed E-state index contributed by atoms with van der Waals surface area (Å²) < 4.78 is 5.63. The molecule has 144 valence electrons. The second-order valence-corrected chi connectivity index (χ2v) is 7.42. The summed E-state index contributed by atoms with van der Waals surface area (Å²) in [5, 5.41) is -0.290. The van der Waals surface area contributed by atoms with Gasteiger partial charge in [-0.15, -0.1) is 0 Å². The average molecular weight is 394 g/mol. The molecular weight excluding hydrogens is 370 g/mol. The van der Waals surface area contributed by atoms with Crippen molar-refractivity contribution >= 4 is 34.7 Å². The largest absolute Gasteiger partial charge is 0.489 e. The number of carbonyl (C=O) groups is 2. The Hall–Kier alpha value is -2.79. The van der Waals surface area contributed by atoms with E-state index < -0.39 is 0 Å². The van der Waals surface area contributed by atoms with E-state index in [0.29, 0.717) is 22.9 Å². The smallest absolute Gasteiger partial charge is 0.298 e. The number of benzene rings is 2. The molecule has 4 nitrogen and oxygen atoms in total. The zero-order valence-corrected chi connectivity index (χ0v) is 16.7. The zero-order valence-electron chi connectivity index (χ0n) is 15.9. The second kappa shape index (κ2) is 9.42. The lowest BCUT2D eigenvalue weighted by atomic mass is 10.1. The maximum absolute atomic E-state index is 12.9. The lowest BCUT2D eigenvalue weighted by molar-refractivity contribution is -0.113. The van der Waals surface area contributed by atoms with E-state index >= 15 is 0 Å². The number of ether oxygens (including phenoxy) is 1. The molecule has 1 aliphatic heterocycles. The summed E-state index contributed by atoms with van der Waals surface area (Å²) in [6.07, 6.45) is 6.62. The first kappa shape index (κ1) is 20.0. The van der Waals surface area contributed by atoms with Crippen LogP contribution in [-0.4, -0.2) is 17.8 Å². The number of para-hydroxylation sites is 1. The van der Waals surface area contributed by atoms with Crippen molar-refractivity contribution < 1.29 is 14.3 Å². The highest BCUT2D eigenvalue weighted by Crippen LogP contribution is 2.37. The van der Waals surface area contributed by atoms with Crippen molar-refractivity contribution in [2.45, 2.75) is 26.2 Å². The first-order valence-electron chi connectivity index (χ1n) is 9.33. The number of aryl methyl sites for hydroxylation is 1. The van der Waals surface area contributed by atoms with E-state index in [-0.39, 0.29) is 11.1 Å². The highest BCUT2D eigenvalue weighted by Gasteiger charge is 2.36. The van der Waals surface area contributed by atoms with Crippen LogP contribution in [0.4, 0.5) is 10.5 Å². The lowest BCUT2D eigenvalue weighted by Gasteiger charge is -2.13. The van der Waals surface area contributed by atoms with Crippen LogP contribution >= 0.6 is 11.8 Å². The molecule has 2 aromatic carbocycles. The van der Waals surface area contributed by atoms with Crippen molar-refractivity contribution in [3.8, 4) is 5.75 Å². The maximum Gasteiger partial charge on any atom is 0.298 e. The van der Waals surface area contributed by atoms with E-state index in [0.717, 1.165) is 36.6 Å². The van der Waals surface area contributed by atoms with Crippen molar-refractivity contribution in [2.24, 2.45) is 0 Å². The Morgan fingerprint density at radius 1 is 1.11 bits per heavy atom. The summed E-state index contributed by atoms with van der Waals surface area (Å²) >= 11 is 0.945. The van der Waals surface area contributed by atoms with Crippen LogP contribution in [0.25, 0.3) is 6.08 Å². The minimum atomic E-state index is -0.310. The molecule has 1 aliphatic rings. The molecule has 0 spiro atoms. The summed E-state index contributed by atoms with van der Waals surface area (Å²) in [6, 6.07) is 15.1. The van der Waals surface area contributed by atoms with Gasteiger partial charge in [0.2, 0.25) is 0 Å². The van der Waals surface area contributed by atoms with Gasteiger partial charge in [0.15, 0.2) is 0 Å². The van der Waals surface area contributed by atoms with Crippen LogP contribution in [0.2, 0.25) is 0 Å². The Morgan fingerprint density at radius 3 is 2.57 bits per heavy atom. The number of carbonyl (C=O) groups excluding carboxylic acids is 2. The number of thioether (sulfide) groups is 1. The predicted molar refractivity (Wildman–Crippen MR) is 116 cm³/mol. The third kappa shape index (κ3) is 4.54. The summed E-state index contributed by atoms with van der Waals surface area (Å²) in [5.41, 5.74) is 2.56. The fourth-order valence-corrected chi connectivity index (χ4v) is 3.74. The van der Waals surface area contributed by atoms with Gasteiger partial charge in [-0.05, 0) is 54.4 Å². The normalized spacial score (nSPS) is 15.3. The topological polar surface area (TPSA) is 46.6 Å². The molecule has 0 aliphatic carbocycles. The molecule has 5 heteroatoms. The number of hydrogen-bond acceptors (Lipinski definition) is 4. The second-order valence-electron chi connectivity index (χ2n) is 6.42. The average Bonchev–Trinajstić information content (AvgIpc) is 2.99. The van der Waals surface area contributed by atoms with E-state index in [1.54, 1.807) is 12.2 Å². The SMILES string of the molecule is C=CCOc1ccccc1/C=C1\SC(=O)N(c2ccc(CCCC)cc2)C1=O. The van der Waals surface area contributed by atoms with Gasteiger partial charge in [-0.3, -0.25) is 9.59 Å². The molecule has 0 saturated carbocycles. The van der Waals surface area contributed by atoms with Gasteiger partial charge in [0, 0.05) is 5.56 Å². The Kier molecular flexibility index (Phi) is 6.71. The summed E-state index contributed by atoms with van der Waals surface area (Å²) in [7, 11) is 0. The fraction of sp³-hybridized carbons (Fsp3) is 0.217. The van der Waals surface area contributed by atoms with Crippen LogP contribution < -0.4 is 9.64 Å². The third-order valence-corrected chi connectivity index (χ3v) is 5.24. The van der Waals surface area contributed by atoms with Gasteiger partial charge in [0.25, 0.3) is 11.1 Å². The molecule has 0 radical (unpaired) electrons. The maximum atomic E-state index is 12.9. The molecule has 28 heavy (non-hydrogen) atoms. The lowest BCUT2D eigenvalue weighted by Crippen LogP contribution is -2.27. The van der Waals surface area contributed by atoms with E-state index in [2.05, 4.69) is 13.5 Å². The Bertz CT molecular complexity index is 902. The van der Waals surface area contributed by atoms with Gasteiger partial charge in [0.1, 0.15) is 12.4 Å². The zero-order chi connectivity index (χ0) is 19.9. The highest BCUT2D eigenvalue weighted by atomic mass is 32.2. The van der Waals surface area contributed by atoms with Crippen molar-refractivity contribution in [1.29, 1.82) is 0 Å². The van der Waals surface area contributed by atoms with Crippen LogP contribution in [-0.2, 0) is 11.2 Å². The minimum absolute atomic E-state index is 0.290. The van der Waals surface area contributed by atoms with Crippen molar-refractivity contribution in [3.05, 3.63) is 77.2 Å². The van der Waals surface area contributed by atoms with Gasteiger partial charge in [-0.1, -0.05) is 56.3 Å². The van der Waals surface area contributed by atoms with Crippen molar-refractivity contribution in [1.82, 2.24) is 0 Å². The number of anilines is 1. The molecule has 0 aromatic heterocycles. The molecule has 0 bridgehead atoms. The molecule has 1 fully saturated rings. The molecule has 1 heterocycles.